The van der Waals surface area contributed by atoms with Crippen LogP contribution in [0.5, 0.6) is 0 Å². The van der Waals surface area contributed by atoms with E-state index in [4.69, 9.17) is 9.47 Å². The lowest BCUT2D eigenvalue weighted by atomic mass is 9.99. The second kappa shape index (κ2) is 10.9. The van der Waals surface area contributed by atoms with Crippen LogP contribution in [-0.2, 0) is 23.9 Å². The minimum absolute atomic E-state index is 0.168. The van der Waals surface area contributed by atoms with E-state index in [0.717, 1.165) is 11.1 Å². The molecule has 2 aliphatic rings. The molecule has 2 heterocycles. The number of thioether (sulfide) groups is 1. The Bertz CT molecular complexity index is 1130. The molecular formula is C26H27N3O6S. The molecule has 0 aromatic heterocycles. The number of rotatable bonds is 7. The molecule has 2 aromatic carbocycles. The van der Waals surface area contributed by atoms with Gasteiger partial charge in [0, 0.05) is 6.92 Å². The predicted octanol–water partition coefficient (Wildman–Crippen LogP) is 3.08. The van der Waals surface area contributed by atoms with Gasteiger partial charge in [0.2, 0.25) is 11.8 Å². The van der Waals surface area contributed by atoms with Crippen LogP contribution < -0.4 is 10.6 Å². The summed E-state index contributed by atoms with van der Waals surface area (Å²) in [5, 5.41) is 6.29. The molecule has 1 fully saturated rings. The monoisotopic (exact) mass is 509 g/mol. The number of hydrogen-bond acceptors (Lipinski definition) is 7. The highest BCUT2D eigenvalue weighted by Gasteiger charge is 2.56. The third-order valence-corrected chi connectivity index (χ3v) is 6.77. The fourth-order valence-corrected chi connectivity index (χ4v) is 5.25. The molecule has 2 N–H and O–H groups in total. The van der Waals surface area contributed by atoms with E-state index in [1.807, 2.05) is 60.7 Å². The number of amides is 3. The molecule has 0 bridgehead atoms. The maximum Gasteiger partial charge on any atom is 0.411 e. The molecule has 1 saturated heterocycles. The van der Waals surface area contributed by atoms with Crippen LogP contribution in [0.4, 0.5) is 4.79 Å². The smallest absolute Gasteiger partial charge is 0.411 e. The zero-order chi connectivity index (χ0) is 25.8. The van der Waals surface area contributed by atoms with E-state index in [1.165, 1.54) is 23.6 Å². The van der Waals surface area contributed by atoms with Crippen LogP contribution in [0, 0.1) is 0 Å². The first kappa shape index (κ1) is 25.3. The largest absolute Gasteiger partial charge is 0.451 e. The van der Waals surface area contributed by atoms with Crippen molar-refractivity contribution in [2.24, 2.45) is 0 Å². The van der Waals surface area contributed by atoms with Crippen LogP contribution in [0.25, 0.3) is 0 Å². The van der Waals surface area contributed by atoms with Gasteiger partial charge in [0.05, 0.1) is 11.8 Å². The second-order valence-electron chi connectivity index (χ2n) is 8.64. The van der Waals surface area contributed by atoms with Gasteiger partial charge < -0.3 is 19.7 Å². The number of benzene rings is 2. The Morgan fingerprint density at radius 3 is 2.06 bits per heavy atom. The topological polar surface area (TPSA) is 114 Å². The molecular weight excluding hydrogens is 482 g/mol. The average molecular weight is 510 g/mol. The number of alkyl carbamates (subject to hydrolysis) is 1. The van der Waals surface area contributed by atoms with E-state index in [1.54, 1.807) is 19.3 Å². The first-order chi connectivity index (χ1) is 17.3. The van der Waals surface area contributed by atoms with Gasteiger partial charge >= 0.3 is 12.1 Å². The molecule has 188 valence electrons. The minimum atomic E-state index is -1.22. The number of esters is 1. The lowest BCUT2D eigenvalue weighted by molar-refractivity contribution is -0.165. The summed E-state index contributed by atoms with van der Waals surface area (Å²) < 4.78 is 11.2. The quantitative estimate of drug-likeness (QED) is 0.436. The van der Waals surface area contributed by atoms with E-state index >= 15 is 0 Å². The van der Waals surface area contributed by atoms with Crippen molar-refractivity contribution < 1.29 is 28.7 Å². The molecule has 2 aromatic rings. The van der Waals surface area contributed by atoms with Crippen molar-refractivity contribution in [3.05, 3.63) is 82.9 Å². The zero-order valence-corrected chi connectivity index (χ0v) is 20.9. The van der Waals surface area contributed by atoms with Crippen LogP contribution in [0.3, 0.4) is 0 Å². The molecule has 0 aliphatic carbocycles. The Morgan fingerprint density at radius 2 is 1.53 bits per heavy atom. The first-order valence-electron chi connectivity index (χ1n) is 11.5. The molecule has 2 unspecified atom stereocenters. The Morgan fingerprint density at radius 1 is 0.944 bits per heavy atom. The fourth-order valence-electron chi connectivity index (χ4n) is 4.08. The molecule has 4 rings (SSSR count). The number of ether oxygens (including phenoxy) is 2. The number of nitrogens with one attached hydrogen (secondary N) is 2. The third-order valence-electron chi connectivity index (χ3n) is 5.60. The Hall–Kier alpha value is -3.79. The van der Waals surface area contributed by atoms with Gasteiger partial charge in [0.15, 0.2) is 12.1 Å². The van der Waals surface area contributed by atoms with E-state index in [-0.39, 0.29) is 17.7 Å². The van der Waals surface area contributed by atoms with Crippen LogP contribution in [0.1, 0.15) is 38.0 Å². The highest BCUT2D eigenvalue weighted by atomic mass is 32.2. The molecule has 0 radical (unpaired) electrons. The van der Waals surface area contributed by atoms with Gasteiger partial charge in [-0.2, -0.15) is 0 Å². The van der Waals surface area contributed by atoms with E-state index in [0.29, 0.717) is 0 Å². The summed E-state index contributed by atoms with van der Waals surface area (Å²) in [6.07, 6.45) is -1.86. The molecule has 9 nitrogen and oxygen atoms in total. The summed E-state index contributed by atoms with van der Waals surface area (Å²) in [7, 11) is 0. The van der Waals surface area contributed by atoms with Crippen molar-refractivity contribution >= 4 is 35.6 Å². The maximum atomic E-state index is 13.7. The highest BCUT2D eigenvalue weighted by Crippen LogP contribution is 2.40. The van der Waals surface area contributed by atoms with Crippen LogP contribution in [-0.4, -0.2) is 52.3 Å². The number of hydrogen-bond donors (Lipinski definition) is 2. The van der Waals surface area contributed by atoms with Crippen molar-refractivity contribution in [3.8, 4) is 0 Å². The van der Waals surface area contributed by atoms with Gasteiger partial charge in [-0.05, 0) is 30.4 Å². The van der Waals surface area contributed by atoms with Crippen molar-refractivity contribution in [2.45, 2.75) is 50.4 Å². The number of carbonyl (C=O) groups is 4. The molecule has 0 spiro atoms. The third kappa shape index (κ3) is 5.38. The Labute approximate surface area is 213 Å². The van der Waals surface area contributed by atoms with Gasteiger partial charge in [0.25, 0.3) is 0 Å². The number of carbonyl (C=O) groups excluding carboxylic acids is 4. The lowest BCUT2D eigenvalue weighted by Crippen LogP contribution is -2.74. The standard InChI is InChI=1S/C26H27N3O6S/c1-15(2)34-26(33)28-19-14-36-24-20(27-16(3)30)23(31)29(24)21(19)25(32)35-22(17-10-6-4-7-11-17)18-12-8-5-9-13-18/h4-15,20-22,24H,1-3H3,(H,27,30)(H,28,33)/t20?,21?,24-/m1/s1. The summed E-state index contributed by atoms with van der Waals surface area (Å²) >= 11 is 1.22. The van der Waals surface area contributed by atoms with E-state index in [9.17, 15) is 19.2 Å². The van der Waals surface area contributed by atoms with Gasteiger partial charge in [-0.1, -0.05) is 60.7 Å². The van der Waals surface area contributed by atoms with Gasteiger partial charge in [0.1, 0.15) is 11.4 Å². The Balaban J connectivity index is 1.64. The van der Waals surface area contributed by atoms with Crippen molar-refractivity contribution in [2.75, 3.05) is 0 Å². The summed E-state index contributed by atoms with van der Waals surface area (Å²) in [5.41, 5.74) is 1.67. The molecule has 36 heavy (non-hydrogen) atoms. The lowest BCUT2D eigenvalue weighted by Gasteiger charge is -2.51. The van der Waals surface area contributed by atoms with Crippen molar-refractivity contribution in [1.82, 2.24) is 15.5 Å². The molecule has 2 aliphatic heterocycles. The average Bonchev–Trinajstić information content (AvgIpc) is 2.85. The Kier molecular flexibility index (Phi) is 7.64. The first-order valence-corrected chi connectivity index (χ1v) is 12.4. The molecule has 0 saturated carbocycles. The zero-order valence-electron chi connectivity index (χ0n) is 20.0. The summed E-state index contributed by atoms with van der Waals surface area (Å²) in [4.78, 5) is 52.0. The number of β-lactam (4-membered cyclic amide) rings is 1. The minimum Gasteiger partial charge on any atom is -0.451 e. The van der Waals surface area contributed by atoms with Crippen LogP contribution >= 0.6 is 11.8 Å². The van der Waals surface area contributed by atoms with Crippen molar-refractivity contribution in [1.29, 1.82) is 0 Å². The molecule has 10 heteroatoms. The van der Waals surface area contributed by atoms with E-state index < -0.39 is 41.5 Å². The summed E-state index contributed by atoms with van der Waals surface area (Å²) in [6, 6.07) is 16.5. The van der Waals surface area contributed by atoms with Crippen molar-refractivity contribution in [3.63, 3.8) is 0 Å². The van der Waals surface area contributed by atoms with Gasteiger partial charge in [-0.25, -0.2) is 9.59 Å². The summed E-state index contributed by atoms with van der Waals surface area (Å²) in [5.74, 6) is -1.51. The predicted molar refractivity (Wildman–Crippen MR) is 133 cm³/mol. The van der Waals surface area contributed by atoms with Gasteiger partial charge in [-0.15, -0.1) is 11.8 Å². The SMILES string of the molecule is CC(=O)NC1C(=O)N2C(C(=O)OC(c3ccccc3)c3ccccc3)C(NC(=O)OC(C)C)=CS[C@H]12. The molecule has 3 atom stereocenters. The maximum absolute atomic E-state index is 13.7. The van der Waals surface area contributed by atoms with Crippen LogP contribution in [0.2, 0.25) is 0 Å². The molecule has 3 amide bonds. The van der Waals surface area contributed by atoms with E-state index in [2.05, 4.69) is 10.6 Å². The van der Waals surface area contributed by atoms with Crippen LogP contribution in [0.15, 0.2) is 71.8 Å². The number of nitrogens with zero attached hydrogens (tertiary/aromatic N) is 1. The second-order valence-corrected chi connectivity index (χ2v) is 9.63. The van der Waals surface area contributed by atoms with Gasteiger partial charge in [-0.3, -0.25) is 14.9 Å². The fraction of sp³-hybridized carbons (Fsp3) is 0.308. The normalized spacial score (nSPS) is 20.7. The highest BCUT2D eigenvalue weighted by molar-refractivity contribution is 8.02. The number of fused-ring (bicyclic) bond motifs is 1. The summed E-state index contributed by atoms with van der Waals surface area (Å²) in [6.45, 7) is 4.73.